The van der Waals surface area contributed by atoms with Crippen LogP contribution < -0.4 is 11.3 Å². The van der Waals surface area contributed by atoms with Crippen LogP contribution in [0, 0.1) is 6.92 Å². The zero-order valence-electron chi connectivity index (χ0n) is 12.0. The third-order valence-corrected chi connectivity index (χ3v) is 3.13. The highest BCUT2D eigenvalue weighted by atomic mass is 16.1. The van der Waals surface area contributed by atoms with Gasteiger partial charge in [0, 0.05) is 17.8 Å². The number of nitrogens with two attached hydrogens (primary N) is 1. The quantitative estimate of drug-likeness (QED) is 0.748. The molecule has 0 aliphatic heterocycles. The van der Waals surface area contributed by atoms with Crippen molar-refractivity contribution < 1.29 is 0 Å². The van der Waals surface area contributed by atoms with E-state index < -0.39 is 0 Å². The Bertz CT molecular complexity index is 877. The maximum Gasteiger partial charge on any atom is 0.273 e. The highest BCUT2D eigenvalue weighted by Gasteiger charge is 2.01. The molecule has 0 saturated carbocycles. The molecular weight excluding hydrogens is 278 g/mol. The first-order valence-corrected chi connectivity index (χ1v) is 6.77. The number of pyridine rings is 1. The lowest BCUT2D eigenvalue weighted by Crippen LogP contribution is -2.19. The van der Waals surface area contributed by atoms with Gasteiger partial charge in [0.15, 0.2) is 0 Å². The van der Waals surface area contributed by atoms with Gasteiger partial charge in [0.1, 0.15) is 5.82 Å². The third kappa shape index (κ3) is 2.80. The van der Waals surface area contributed by atoms with E-state index in [0.717, 1.165) is 21.5 Å². The van der Waals surface area contributed by atoms with Gasteiger partial charge in [0.05, 0.1) is 18.1 Å². The van der Waals surface area contributed by atoms with Gasteiger partial charge in [-0.05, 0) is 30.7 Å². The second-order valence-corrected chi connectivity index (χ2v) is 4.91. The largest absolute Gasteiger partial charge is 0.384 e. The lowest BCUT2D eigenvalue weighted by Gasteiger charge is -2.03. The Hall–Kier alpha value is -3.15. The number of para-hydroxylation sites is 1. The summed E-state index contributed by atoms with van der Waals surface area (Å²) in [4.78, 5) is 11.9. The van der Waals surface area contributed by atoms with Crippen LogP contribution in [0.1, 0.15) is 11.1 Å². The first kappa shape index (κ1) is 13.8. The molecule has 0 saturated heterocycles. The fourth-order valence-corrected chi connectivity index (χ4v) is 2.09. The minimum Gasteiger partial charge on any atom is -0.384 e. The first-order chi connectivity index (χ1) is 10.6. The van der Waals surface area contributed by atoms with Crippen LogP contribution in [0.3, 0.4) is 0 Å². The zero-order chi connectivity index (χ0) is 15.5. The molecule has 22 heavy (non-hydrogen) atoms. The summed E-state index contributed by atoms with van der Waals surface area (Å²) in [6.45, 7) is 1.82. The van der Waals surface area contributed by atoms with E-state index in [-0.39, 0.29) is 5.56 Å². The summed E-state index contributed by atoms with van der Waals surface area (Å²) in [7, 11) is 0. The lowest BCUT2D eigenvalue weighted by molar-refractivity contribution is 0.843. The van der Waals surface area contributed by atoms with E-state index in [4.69, 9.17) is 5.73 Å². The van der Waals surface area contributed by atoms with Gasteiger partial charge in [-0.15, -0.1) is 0 Å². The molecule has 2 heterocycles. The number of rotatable bonds is 3. The SMILES string of the molecule is Cc1cc(N)n(/N=C\c2cnn(-c3ccccc3)c2)c(=O)c1. The van der Waals surface area contributed by atoms with Crippen molar-refractivity contribution in [1.29, 1.82) is 0 Å². The smallest absolute Gasteiger partial charge is 0.273 e. The fraction of sp³-hybridized carbons (Fsp3) is 0.0625. The van der Waals surface area contributed by atoms with Crippen LogP contribution in [-0.4, -0.2) is 20.7 Å². The Morgan fingerprint density at radius 2 is 2.00 bits per heavy atom. The molecule has 0 spiro atoms. The van der Waals surface area contributed by atoms with E-state index >= 15 is 0 Å². The topological polar surface area (TPSA) is 78.2 Å². The van der Waals surface area contributed by atoms with Crippen molar-refractivity contribution in [3.63, 3.8) is 0 Å². The van der Waals surface area contributed by atoms with Crippen LogP contribution >= 0.6 is 0 Å². The van der Waals surface area contributed by atoms with Crippen LogP contribution in [-0.2, 0) is 0 Å². The summed E-state index contributed by atoms with van der Waals surface area (Å²) < 4.78 is 2.90. The number of hydrogen-bond acceptors (Lipinski definition) is 4. The summed E-state index contributed by atoms with van der Waals surface area (Å²) in [5.41, 5.74) is 8.09. The van der Waals surface area contributed by atoms with Crippen LogP contribution in [0.25, 0.3) is 5.69 Å². The van der Waals surface area contributed by atoms with Crippen molar-refractivity contribution in [2.24, 2.45) is 5.10 Å². The Morgan fingerprint density at radius 1 is 1.23 bits per heavy atom. The molecule has 2 N–H and O–H groups in total. The average molecular weight is 293 g/mol. The normalized spacial score (nSPS) is 11.1. The van der Waals surface area contributed by atoms with Gasteiger partial charge in [-0.3, -0.25) is 4.79 Å². The molecule has 0 amide bonds. The predicted octanol–water partition coefficient (Wildman–Crippen LogP) is 1.81. The number of aromatic nitrogens is 3. The molecule has 0 unspecified atom stereocenters. The molecule has 0 bridgehead atoms. The van der Waals surface area contributed by atoms with Crippen molar-refractivity contribution in [2.45, 2.75) is 6.92 Å². The second-order valence-electron chi connectivity index (χ2n) is 4.91. The minimum absolute atomic E-state index is 0.260. The van der Waals surface area contributed by atoms with Crippen molar-refractivity contribution in [3.05, 3.63) is 76.3 Å². The summed E-state index contributed by atoms with van der Waals surface area (Å²) in [6, 6.07) is 12.9. The van der Waals surface area contributed by atoms with Gasteiger partial charge in [0.25, 0.3) is 5.56 Å². The second kappa shape index (κ2) is 5.69. The summed E-state index contributed by atoms with van der Waals surface area (Å²) in [5, 5.41) is 8.39. The number of nitrogens with zero attached hydrogens (tertiary/aromatic N) is 4. The van der Waals surface area contributed by atoms with Gasteiger partial charge in [-0.25, -0.2) is 4.68 Å². The molecule has 0 radical (unpaired) electrons. The summed E-state index contributed by atoms with van der Waals surface area (Å²) in [6.07, 6.45) is 5.06. The molecule has 0 fully saturated rings. The Morgan fingerprint density at radius 3 is 2.73 bits per heavy atom. The highest BCUT2D eigenvalue weighted by molar-refractivity contribution is 5.78. The number of benzene rings is 1. The van der Waals surface area contributed by atoms with Crippen LogP contribution in [0.4, 0.5) is 5.82 Å². The zero-order valence-corrected chi connectivity index (χ0v) is 12.0. The third-order valence-electron chi connectivity index (χ3n) is 3.13. The van der Waals surface area contributed by atoms with E-state index in [1.165, 1.54) is 6.07 Å². The molecule has 3 aromatic rings. The molecule has 2 aromatic heterocycles. The van der Waals surface area contributed by atoms with E-state index in [1.54, 1.807) is 23.2 Å². The van der Waals surface area contributed by atoms with Crippen LogP contribution in [0.5, 0.6) is 0 Å². The number of nitrogen functional groups attached to an aromatic ring is 1. The Balaban J connectivity index is 1.89. The molecule has 0 atom stereocenters. The van der Waals surface area contributed by atoms with Crippen LogP contribution in [0.15, 0.2) is 64.8 Å². The van der Waals surface area contributed by atoms with E-state index in [0.29, 0.717) is 5.82 Å². The first-order valence-electron chi connectivity index (χ1n) is 6.77. The van der Waals surface area contributed by atoms with E-state index in [9.17, 15) is 4.79 Å². The van der Waals surface area contributed by atoms with Crippen molar-refractivity contribution in [3.8, 4) is 5.69 Å². The maximum absolute atomic E-state index is 11.9. The van der Waals surface area contributed by atoms with E-state index in [2.05, 4.69) is 10.2 Å². The number of hydrogen-bond donors (Lipinski definition) is 1. The van der Waals surface area contributed by atoms with E-state index in [1.807, 2.05) is 43.5 Å². The van der Waals surface area contributed by atoms with Crippen LogP contribution in [0.2, 0.25) is 0 Å². The van der Waals surface area contributed by atoms with Crippen molar-refractivity contribution in [2.75, 3.05) is 5.73 Å². The average Bonchev–Trinajstić information content (AvgIpc) is 2.96. The number of anilines is 1. The van der Waals surface area contributed by atoms with Gasteiger partial charge >= 0.3 is 0 Å². The standard InChI is InChI=1S/C16H15N5O/c1-12-7-15(17)21(16(22)8-12)19-10-13-9-18-20(11-13)14-5-3-2-4-6-14/h2-11H,17H2,1H3/b19-10-. The molecule has 1 aromatic carbocycles. The molecule has 3 rings (SSSR count). The molecular formula is C16H15N5O. The molecule has 6 heteroatoms. The Labute approximate surface area is 127 Å². The van der Waals surface area contributed by atoms with Gasteiger partial charge < -0.3 is 5.73 Å². The maximum atomic E-state index is 11.9. The number of aryl methyl sites for hydroxylation is 1. The molecule has 6 nitrogen and oxygen atoms in total. The van der Waals surface area contributed by atoms with Gasteiger partial charge in [-0.1, -0.05) is 18.2 Å². The monoisotopic (exact) mass is 293 g/mol. The molecule has 110 valence electrons. The predicted molar refractivity (Wildman–Crippen MR) is 86.4 cm³/mol. The van der Waals surface area contributed by atoms with Gasteiger partial charge in [-0.2, -0.15) is 14.9 Å². The van der Waals surface area contributed by atoms with Crippen molar-refractivity contribution in [1.82, 2.24) is 14.5 Å². The minimum atomic E-state index is -0.260. The molecule has 0 aliphatic carbocycles. The lowest BCUT2D eigenvalue weighted by atomic mass is 10.3. The Kier molecular flexibility index (Phi) is 3.57. The summed E-state index contributed by atoms with van der Waals surface area (Å²) in [5.74, 6) is 0.303. The summed E-state index contributed by atoms with van der Waals surface area (Å²) >= 11 is 0. The highest BCUT2D eigenvalue weighted by Crippen LogP contribution is 2.07. The molecule has 0 aliphatic rings. The van der Waals surface area contributed by atoms with Crippen molar-refractivity contribution >= 4 is 12.0 Å². The fourth-order valence-electron chi connectivity index (χ4n) is 2.09. The van der Waals surface area contributed by atoms with Gasteiger partial charge in [0.2, 0.25) is 0 Å².